The molecule has 1 aromatic heterocycles. The molecule has 4 aromatic rings. The van der Waals surface area contributed by atoms with Crippen LogP contribution >= 0.6 is 0 Å². The molecule has 4 rings (SSSR count). The fourth-order valence-electron chi connectivity index (χ4n) is 3.75. The molecule has 0 saturated heterocycles. The van der Waals surface area contributed by atoms with E-state index in [4.69, 9.17) is 0 Å². The average molecular weight is 406 g/mol. The Morgan fingerprint density at radius 1 is 0.897 bits per heavy atom. The first kappa shape index (κ1) is 19.3. The minimum atomic E-state index is -3.70. The van der Waals surface area contributed by atoms with E-state index in [-0.39, 0.29) is 4.90 Å². The van der Waals surface area contributed by atoms with E-state index in [0.29, 0.717) is 17.7 Å². The molecule has 0 amide bonds. The summed E-state index contributed by atoms with van der Waals surface area (Å²) >= 11 is 0. The highest BCUT2D eigenvalue weighted by molar-refractivity contribution is 7.90. The fraction of sp³-hybridized carbons (Fsp3) is 0.167. The first-order valence-corrected chi connectivity index (χ1v) is 10.9. The molecule has 0 aliphatic rings. The second-order valence-corrected chi connectivity index (χ2v) is 9.36. The number of fused-ring (bicyclic) bond motifs is 1. The van der Waals surface area contributed by atoms with Crippen molar-refractivity contribution in [3.63, 3.8) is 0 Å². The summed E-state index contributed by atoms with van der Waals surface area (Å²) in [6, 6.07) is 18.3. The van der Waals surface area contributed by atoms with Crippen molar-refractivity contribution >= 4 is 20.9 Å². The predicted molar refractivity (Wildman–Crippen MR) is 116 cm³/mol. The van der Waals surface area contributed by atoms with E-state index in [9.17, 15) is 13.5 Å². The molecular formula is C24H23NO3S. The minimum Gasteiger partial charge on any atom is -0.507 e. The van der Waals surface area contributed by atoms with Gasteiger partial charge in [-0.1, -0.05) is 48.0 Å². The van der Waals surface area contributed by atoms with Gasteiger partial charge in [-0.05, 0) is 67.6 Å². The lowest BCUT2D eigenvalue weighted by Gasteiger charge is -2.08. The summed E-state index contributed by atoms with van der Waals surface area (Å²) < 4.78 is 28.0. The second kappa shape index (κ2) is 7.08. The number of benzene rings is 3. The van der Waals surface area contributed by atoms with E-state index < -0.39 is 10.0 Å². The van der Waals surface area contributed by atoms with Gasteiger partial charge < -0.3 is 5.11 Å². The van der Waals surface area contributed by atoms with Gasteiger partial charge in [-0.25, -0.2) is 12.4 Å². The number of hydrogen-bond acceptors (Lipinski definition) is 3. The van der Waals surface area contributed by atoms with Gasteiger partial charge in [0.2, 0.25) is 0 Å². The lowest BCUT2D eigenvalue weighted by atomic mass is 9.99. The minimum absolute atomic E-state index is 0.270. The van der Waals surface area contributed by atoms with Gasteiger partial charge in [0, 0.05) is 11.6 Å². The van der Waals surface area contributed by atoms with Gasteiger partial charge in [0.25, 0.3) is 10.0 Å². The highest BCUT2D eigenvalue weighted by Crippen LogP contribution is 2.30. The van der Waals surface area contributed by atoms with Crippen molar-refractivity contribution < 1.29 is 13.5 Å². The van der Waals surface area contributed by atoms with Crippen molar-refractivity contribution in [1.82, 2.24) is 3.97 Å². The Morgan fingerprint density at radius 2 is 1.52 bits per heavy atom. The maximum absolute atomic E-state index is 13.3. The lowest BCUT2D eigenvalue weighted by molar-refractivity contribution is 0.466. The maximum atomic E-state index is 13.3. The molecule has 1 heterocycles. The molecule has 29 heavy (non-hydrogen) atoms. The van der Waals surface area contributed by atoms with Crippen LogP contribution in [-0.2, 0) is 16.4 Å². The van der Waals surface area contributed by atoms with Crippen LogP contribution < -0.4 is 0 Å². The van der Waals surface area contributed by atoms with Crippen LogP contribution in [0.5, 0.6) is 5.75 Å². The molecular weight excluding hydrogens is 382 g/mol. The molecule has 0 radical (unpaired) electrons. The first-order chi connectivity index (χ1) is 13.8. The zero-order chi connectivity index (χ0) is 20.8. The van der Waals surface area contributed by atoms with Crippen LogP contribution in [0.4, 0.5) is 0 Å². The topological polar surface area (TPSA) is 59.3 Å². The zero-order valence-electron chi connectivity index (χ0n) is 16.7. The quantitative estimate of drug-likeness (QED) is 0.514. The van der Waals surface area contributed by atoms with Crippen LogP contribution in [-0.4, -0.2) is 17.5 Å². The van der Waals surface area contributed by atoms with Crippen LogP contribution in [0.1, 0.15) is 27.8 Å². The summed E-state index contributed by atoms with van der Waals surface area (Å²) in [7, 11) is -3.70. The normalized spacial score (nSPS) is 11.8. The molecule has 0 bridgehead atoms. The van der Waals surface area contributed by atoms with Crippen LogP contribution in [0.3, 0.4) is 0 Å². The van der Waals surface area contributed by atoms with E-state index in [1.165, 1.54) is 3.97 Å². The number of aryl methyl sites for hydroxylation is 3. The summed E-state index contributed by atoms with van der Waals surface area (Å²) in [5.41, 5.74) is 5.27. The first-order valence-electron chi connectivity index (χ1n) is 9.47. The van der Waals surface area contributed by atoms with Crippen molar-refractivity contribution in [2.24, 2.45) is 0 Å². The summed E-state index contributed by atoms with van der Waals surface area (Å²) in [5, 5.41) is 11.0. The third kappa shape index (κ3) is 3.42. The molecule has 0 spiro atoms. The van der Waals surface area contributed by atoms with Crippen molar-refractivity contribution in [1.29, 1.82) is 0 Å². The molecule has 4 nitrogen and oxygen atoms in total. The highest BCUT2D eigenvalue weighted by Gasteiger charge is 2.21. The summed E-state index contributed by atoms with van der Waals surface area (Å²) in [4.78, 5) is 0.270. The van der Waals surface area contributed by atoms with Crippen LogP contribution in [0, 0.1) is 20.8 Å². The number of aromatic nitrogens is 1. The lowest BCUT2D eigenvalue weighted by Crippen LogP contribution is -2.11. The van der Waals surface area contributed by atoms with E-state index in [1.807, 2.05) is 69.3 Å². The van der Waals surface area contributed by atoms with Gasteiger partial charge in [0.15, 0.2) is 0 Å². The fourth-order valence-corrected chi connectivity index (χ4v) is 5.14. The van der Waals surface area contributed by atoms with E-state index in [2.05, 4.69) is 0 Å². The molecule has 1 N–H and O–H groups in total. The summed E-state index contributed by atoms with van der Waals surface area (Å²) in [6.07, 6.45) is 2.30. The third-order valence-electron chi connectivity index (χ3n) is 5.28. The van der Waals surface area contributed by atoms with Crippen molar-refractivity contribution in [3.05, 3.63) is 94.7 Å². The average Bonchev–Trinajstić information content (AvgIpc) is 3.06. The molecule has 3 aromatic carbocycles. The standard InChI is InChI=1S/C24H23NO3S/c1-16-8-10-21(11-9-16)29(27,28)25-15-20(22-6-4-5-7-23(22)25)14-19-12-17(2)24(26)18(3)13-19/h4-13,15,26H,14H2,1-3H3. The monoisotopic (exact) mass is 405 g/mol. The second-order valence-electron chi connectivity index (χ2n) is 7.54. The van der Waals surface area contributed by atoms with Crippen molar-refractivity contribution in [2.75, 3.05) is 0 Å². The van der Waals surface area contributed by atoms with E-state index >= 15 is 0 Å². The van der Waals surface area contributed by atoms with Crippen LogP contribution in [0.25, 0.3) is 10.9 Å². The van der Waals surface area contributed by atoms with Gasteiger partial charge in [-0.2, -0.15) is 0 Å². The Balaban J connectivity index is 1.85. The Morgan fingerprint density at radius 3 is 2.17 bits per heavy atom. The SMILES string of the molecule is Cc1ccc(S(=O)(=O)n2cc(Cc3cc(C)c(O)c(C)c3)c3ccccc32)cc1. The zero-order valence-corrected chi connectivity index (χ0v) is 17.5. The van der Waals surface area contributed by atoms with Crippen molar-refractivity contribution in [3.8, 4) is 5.75 Å². The molecule has 0 atom stereocenters. The number of rotatable bonds is 4. The van der Waals surface area contributed by atoms with Crippen LogP contribution in [0.2, 0.25) is 0 Å². The molecule has 0 aliphatic heterocycles. The molecule has 5 heteroatoms. The van der Waals surface area contributed by atoms with Gasteiger partial charge in [-0.3, -0.25) is 0 Å². The Labute approximate surface area is 171 Å². The number of aromatic hydroxyl groups is 1. The molecule has 148 valence electrons. The Kier molecular flexibility index (Phi) is 4.71. The number of phenols is 1. The van der Waals surface area contributed by atoms with Gasteiger partial charge in [0.05, 0.1) is 10.4 Å². The number of phenolic OH excluding ortho intramolecular Hbond substituents is 1. The third-order valence-corrected chi connectivity index (χ3v) is 6.97. The molecule has 0 aliphatic carbocycles. The van der Waals surface area contributed by atoms with Gasteiger partial charge in [0.1, 0.15) is 5.75 Å². The van der Waals surface area contributed by atoms with Gasteiger partial charge in [-0.15, -0.1) is 0 Å². The van der Waals surface area contributed by atoms with Crippen LogP contribution in [0.15, 0.2) is 71.8 Å². The smallest absolute Gasteiger partial charge is 0.268 e. The number of nitrogens with zero attached hydrogens (tertiary/aromatic N) is 1. The summed E-state index contributed by atoms with van der Waals surface area (Å²) in [6.45, 7) is 5.68. The van der Waals surface area contributed by atoms with E-state index in [1.54, 1.807) is 18.3 Å². The number of para-hydroxylation sites is 1. The predicted octanol–water partition coefficient (Wildman–Crippen LogP) is 5.10. The molecule has 0 unspecified atom stereocenters. The Bertz CT molecular complexity index is 1290. The Hall–Kier alpha value is -3.05. The van der Waals surface area contributed by atoms with Crippen molar-refractivity contribution in [2.45, 2.75) is 32.1 Å². The molecule has 0 saturated carbocycles. The molecule has 0 fully saturated rings. The highest BCUT2D eigenvalue weighted by atomic mass is 32.2. The maximum Gasteiger partial charge on any atom is 0.268 e. The largest absolute Gasteiger partial charge is 0.507 e. The van der Waals surface area contributed by atoms with E-state index in [0.717, 1.165) is 33.2 Å². The number of hydrogen-bond donors (Lipinski definition) is 1. The van der Waals surface area contributed by atoms with Gasteiger partial charge >= 0.3 is 0 Å². The summed E-state index contributed by atoms with van der Waals surface area (Å²) in [5.74, 6) is 0.304.